The number of rotatable bonds is 11. The lowest BCUT2D eigenvalue weighted by atomic mass is 10.0. The normalized spacial score (nSPS) is 14.4. The lowest BCUT2D eigenvalue weighted by Crippen LogP contribution is -2.47. The molecule has 0 unspecified atom stereocenters. The van der Waals surface area contributed by atoms with Gasteiger partial charge in [-0.15, -0.1) is 0 Å². The molecule has 7 nitrogen and oxygen atoms in total. The number of hydrogen-bond donors (Lipinski definition) is 2. The summed E-state index contributed by atoms with van der Waals surface area (Å²) in [5, 5.41) is 15.6. The van der Waals surface area contributed by atoms with Gasteiger partial charge in [-0.05, 0) is 16.7 Å². The van der Waals surface area contributed by atoms with Crippen LogP contribution in [0.5, 0.6) is 0 Å². The Hall–Kier alpha value is -4.04. The number of carboxylic acids is 2. The Morgan fingerprint density at radius 3 is 1.67 bits per heavy atom. The molecule has 7 heteroatoms. The molecule has 1 saturated heterocycles. The molecule has 204 valence electrons. The zero-order valence-corrected chi connectivity index (χ0v) is 22.0. The van der Waals surface area contributed by atoms with Gasteiger partial charge >= 0.3 is 11.9 Å². The molecule has 0 bridgehead atoms. The van der Waals surface area contributed by atoms with E-state index >= 15 is 0 Å². The molecule has 39 heavy (non-hydrogen) atoms. The van der Waals surface area contributed by atoms with Gasteiger partial charge in [0.2, 0.25) is 0 Å². The standard InChI is InChI=1S/C28H32N2O.C4H4O4/c1-4-11-25(12-5-1)13-10-18-29-19-21-30(22-20-29)23-24-31-28(26-14-6-2-7-15-26)27-16-8-3-9-17-27;5-3(6)1-2-4(7)8/h1-17,28H,18-24H2;1-2H,(H,5,6)(H,7,8)/b13-10+;2-1-. The molecule has 0 amide bonds. The van der Waals surface area contributed by atoms with Crippen LogP contribution in [0.1, 0.15) is 22.8 Å². The van der Waals surface area contributed by atoms with Crippen LogP contribution in [0.2, 0.25) is 0 Å². The number of piperazine rings is 1. The average Bonchev–Trinajstić information content (AvgIpc) is 2.97. The second-order valence-electron chi connectivity index (χ2n) is 9.04. The lowest BCUT2D eigenvalue weighted by molar-refractivity contribution is -0.134. The molecule has 0 aromatic heterocycles. The van der Waals surface area contributed by atoms with Crippen molar-refractivity contribution in [2.45, 2.75) is 6.10 Å². The van der Waals surface area contributed by atoms with Crippen molar-refractivity contribution >= 4 is 18.0 Å². The van der Waals surface area contributed by atoms with E-state index in [0.29, 0.717) is 12.2 Å². The van der Waals surface area contributed by atoms with Crippen LogP contribution in [0.15, 0.2) is 109 Å². The summed E-state index contributed by atoms with van der Waals surface area (Å²) in [5.41, 5.74) is 3.69. The first-order valence-corrected chi connectivity index (χ1v) is 13.0. The van der Waals surface area contributed by atoms with Gasteiger partial charge in [0.1, 0.15) is 6.10 Å². The summed E-state index contributed by atoms with van der Waals surface area (Å²) in [7, 11) is 0. The van der Waals surface area contributed by atoms with Crippen LogP contribution >= 0.6 is 0 Å². The number of nitrogens with zero attached hydrogens (tertiary/aromatic N) is 2. The highest BCUT2D eigenvalue weighted by Crippen LogP contribution is 2.25. The van der Waals surface area contributed by atoms with E-state index in [4.69, 9.17) is 14.9 Å². The molecule has 1 fully saturated rings. The number of aliphatic carboxylic acids is 2. The number of carbonyl (C=O) groups is 2. The van der Waals surface area contributed by atoms with Crippen molar-refractivity contribution in [1.29, 1.82) is 0 Å². The van der Waals surface area contributed by atoms with Gasteiger partial charge in [0.05, 0.1) is 6.61 Å². The zero-order valence-electron chi connectivity index (χ0n) is 22.0. The number of carboxylic acid groups (broad SMARTS) is 2. The SMILES string of the molecule is C(=C\c1ccccc1)/CN1CCN(CCOC(c2ccccc2)c2ccccc2)CC1.O=C(O)/C=C\C(=O)O. The Bertz CT molecular complexity index is 1120. The maximum Gasteiger partial charge on any atom is 0.328 e. The summed E-state index contributed by atoms with van der Waals surface area (Å²) in [6.45, 7) is 7.16. The maximum atomic E-state index is 9.55. The summed E-state index contributed by atoms with van der Waals surface area (Å²) in [6.07, 6.45) is 5.60. The molecule has 0 atom stereocenters. The molecule has 0 radical (unpaired) electrons. The van der Waals surface area contributed by atoms with Gasteiger partial charge in [-0.2, -0.15) is 0 Å². The van der Waals surface area contributed by atoms with Crippen LogP contribution < -0.4 is 0 Å². The third-order valence-electron chi connectivity index (χ3n) is 6.20. The van der Waals surface area contributed by atoms with Gasteiger partial charge in [0.15, 0.2) is 0 Å². The average molecular weight is 529 g/mol. The van der Waals surface area contributed by atoms with Crippen LogP contribution in [-0.4, -0.2) is 77.8 Å². The van der Waals surface area contributed by atoms with Crippen LogP contribution in [0.25, 0.3) is 6.08 Å². The van der Waals surface area contributed by atoms with E-state index in [0.717, 1.165) is 45.9 Å². The third-order valence-corrected chi connectivity index (χ3v) is 6.20. The molecule has 3 aromatic carbocycles. The van der Waals surface area contributed by atoms with Gasteiger partial charge in [-0.1, -0.05) is 103 Å². The largest absolute Gasteiger partial charge is 0.478 e. The summed E-state index contributed by atoms with van der Waals surface area (Å²) >= 11 is 0. The van der Waals surface area contributed by atoms with Gasteiger partial charge < -0.3 is 14.9 Å². The summed E-state index contributed by atoms with van der Waals surface area (Å²) < 4.78 is 6.39. The topological polar surface area (TPSA) is 90.3 Å². The van der Waals surface area contributed by atoms with Crippen molar-refractivity contribution < 1.29 is 24.5 Å². The first-order chi connectivity index (χ1) is 19.0. The van der Waals surface area contributed by atoms with Crippen LogP contribution in [0.4, 0.5) is 0 Å². The fourth-order valence-corrected chi connectivity index (χ4v) is 4.18. The first kappa shape index (κ1) is 29.5. The summed E-state index contributed by atoms with van der Waals surface area (Å²) in [4.78, 5) is 24.1. The Morgan fingerprint density at radius 1 is 0.718 bits per heavy atom. The predicted molar refractivity (Wildman–Crippen MR) is 153 cm³/mol. The number of benzene rings is 3. The molecule has 3 aromatic rings. The quantitative estimate of drug-likeness (QED) is 0.344. The summed E-state index contributed by atoms with van der Waals surface area (Å²) in [6, 6.07) is 31.6. The zero-order chi connectivity index (χ0) is 27.7. The van der Waals surface area contributed by atoms with Gasteiger partial charge in [-0.3, -0.25) is 9.80 Å². The van der Waals surface area contributed by atoms with Crippen molar-refractivity contribution in [2.75, 3.05) is 45.9 Å². The highest BCUT2D eigenvalue weighted by Gasteiger charge is 2.18. The minimum absolute atomic E-state index is 0.00758. The fraction of sp³-hybridized carbons (Fsp3) is 0.250. The molecule has 1 aliphatic heterocycles. The molecular formula is C32H36N2O5. The second-order valence-corrected chi connectivity index (χ2v) is 9.04. The summed E-state index contributed by atoms with van der Waals surface area (Å²) in [5.74, 6) is -2.51. The Balaban J connectivity index is 0.000000459. The van der Waals surface area contributed by atoms with Gasteiger partial charge in [0, 0.05) is 51.4 Å². The Labute approximate surface area is 230 Å². The smallest absolute Gasteiger partial charge is 0.328 e. The first-order valence-electron chi connectivity index (χ1n) is 13.0. The highest BCUT2D eigenvalue weighted by molar-refractivity contribution is 5.89. The molecule has 0 saturated carbocycles. The Morgan fingerprint density at radius 2 is 1.18 bits per heavy atom. The fourth-order valence-electron chi connectivity index (χ4n) is 4.18. The van der Waals surface area contributed by atoms with Crippen molar-refractivity contribution in [3.8, 4) is 0 Å². The van der Waals surface area contributed by atoms with Crippen LogP contribution in [-0.2, 0) is 14.3 Å². The van der Waals surface area contributed by atoms with Crippen molar-refractivity contribution in [2.24, 2.45) is 0 Å². The molecule has 0 aliphatic carbocycles. The van der Waals surface area contributed by atoms with Crippen molar-refractivity contribution in [3.63, 3.8) is 0 Å². The number of ether oxygens (including phenoxy) is 1. The van der Waals surface area contributed by atoms with E-state index in [9.17, 15) is 9.59 Å². The van der Waals surface area contributed by atoms with Crippen molar-refractivity contribution in [1.82, 2.24) is 9.80 Å². The minimum atomic E-state index is -1.26. The lowest BCUT2D eigenvalue weighted by Gasteiger charge is -2.34. The molecule has 0 spiro atoms. The predicted octanol–water partition coefficient (Wildman–Crippen LogP) is 4.84. The Kier molecular flexibility index (Phi) is 12.7. The van der Waals surface area contributed by atoms with E-state index < -0.39 is 11.9 Å². The van der Waals surface area contributed by atoms with Crippen molar-refractivity contribution in [3.05, 3.63) is 126 Å². The van der Waals surface area contributed by atoms with Gasteiger partial charge in [-0.25, -0.2) is 9.59 Å². The molecule has 2 N–H and O–H groups in total. The minimum Gasteiger partial charge on any atom is -0.478 e. The van der Waals surface area contributed by atoms with E-state index in [1.807, 2.05) is 0 Å². The highest BCUT2D eigenvalue weighted by atomic mass is 16.5. The van der Waals surface area contributed by atoms with E-state index in [-0.39, 0.29) is 6.10 Å². The molecule has 1 heterocycles. The third kappa shape index (κ3) is 11.5. The van der Waals surface area contributed by atoms with E-state index in [1.165, 1.54) is 16.7 Å². The van der Waals surface area contributed by atoms with Crippen LogP contribution in [0.3, 0.4) is 0 Å². The molecule has 1 aliphatic rings. The molecule has 4 rings (SSSR count). The van der Waals surface area contributed by atoms with E-state index in [1.54, 1.807) is 0 Å². The van der Waals surface area contributed by atoms with Gasteiger partial charge in [0.25, 0.3) is 0 Å². The van der Waals surface area contributed by atoms with E-state index in [2.05, 4.69) is 113 Å². The van der Waals surface area contributed by atoms with Crippen LogP contribution in [0, 0.1) is 0 Å². The monoisotopic (exact) mass is 528 g/mol. The second kappa shape index (κ2) is 16.7. The number of hydrogen-bond acceptors (Lipinski definition) is 5. The maximum absolute atomic E-state index is 9.55. The molecular weight excluding hydrogens is 492 g/mol.